The van der Waals surface area contributed by atoms with Gasteiger partial charge in [-0.2, -0.15) is 0 Å². The lowest BCUT2D eigenvalue weighted by molar-refractivity contribution is -0.146. The van der Waals surface area contributed by atoms with E-state index in [1.165, 1.54) is 0 Å². The third-order valence-corrected chi connectivity index (χ3v) is 3.83. The first-order valence-corrected chi connectivity index (χ1v) is 7.70. The van der Waals surface area contributed by atoms with Crippen LogP contribution in [0.4, 0.5) is 0 Å². The number of benzene rings is 1. The van der Waals surface area contributed by atoms with Crippen LogP contribution in [0.25, 0.3) is 0 Å². The molecule has 1 N–H and O–H groups in total. The molecule has 1 aromatic rings. The summed E-state index contributed by atoms with van der Waals surface area (Å²) in [5.41, 5.74) is 0.293. The van der Waals surface area contributed by atoms with Crippen molar-refractivity contribution >= 4 is 5.91 Å². The summed E-state index contributed by atoms with van der Waals surface area (Å²) in [6.45, 7) is 11.2. The van der Waals surface area contributed by atoms with Crippen molar-refractivity contribution in [3.05, 3.63) is 29.8 Å². The van der Waals surface area contributed by atoms with Crippen molar-refractivity contribution in [3.63, 3.8) is 0 Å². The van der Waals surface area contributed by atoms with E-state index in [1.807, 2.05) is 36.9 Å². The number of carbonyl (C=O) groups is 1. The Kier molecular flexibility index (Phi) is 4.88. The molecule has 1 aliphatic rings. The molecule has 4 nitrogen and oxygen atoms in total. The standard InChI is InChI=1S/C17H26N2O2/c1-13(2)14-7-5-6-8-15(14)21-17(3,4)16(20)19-11-9-18-10-12-19/h5-8,13,18H,9-12H2,1-4H3. The second-order valence-electron chi connectivity index (χ2n) is 6.35. The van der Waals surface area contributed by atoms with Crippen molar-refractivity contribution in [1.82, 2.24) is 10.2 Å². The molecule has 1 aromatic carbocycles. The van der Waals surface area contributed by atoms with Gasteiger partial charge in [0.05, 0.1) is 0 Å². The van der Waals surface area contributed by atoms with Crippen LogP contribution in [0.5, 0.6) is 5.75 Å². The minimum atomic E-state index is -0.845. The zero-order valence-corrected chi connectivity index (χ0v) is 13.5. The Morgan fingerprint density at radius 3 is 2.48 bits per heavy atom. The predicted octanol–water partition coefficient (Wildman–Crippen LogP) is 2.40. The lowest BCUT2D eigenvalue weighted by Gasteiger charge is -2.35. The van der Waals surface area contributed by atoms with Crippen LogP contribution in [0, 0.1) is 0 Å². The fraction of sp³-hybridized carbons (Fsp3) is 0.588. The third-order valence-electron chi connectivity index (χ3n) is 3.83. The first kappa shape index (κ1) is 15.8. The van der Waals surface area contributed by atoms with E-state index in [1.54, 1.807) is 0 Å². The molecule has 0 unspecified atom stereocenters. The number of amides is 1. The molecule has 0 aromatic heterocycles. The number of carbonyl (C=O) groups excluding carboxylic acids is 1. The van der Waals surface area contributed by atoms with Crippen LogP contribution in [0.15, 0.2) is 24.3 Å². The van der Waals surface area contributed by atoms with Crippen molar-refractivity contribution in [2.24, 2.45) is 0 Å². The maximum Gasteiger partial charge on any atom is 0.266 e. The number of hydrogen-bond donors (Lipinski definition) is 1. The van der Waals surface area contributed by atoms with Crippen LogP contribution in [0.1, 0.15) is 39.2 Å². The summed E-state index contributed by atoms with van der Waals surface area (Å²) in [6.07, 6.45) is 0. The van der Waals surface area contributed by atoms with E-state index in [4.69, 9.17) is 4.74 Å². The average molecular weight is 290 g/mol. The van der Waals surface area contributed by atoms with Crippen LogP contribution < -0.4 is 10.1 Å². The molecule has 0 bridgehead atoms. The normalized spacial score (nSPS) is 16.1. The van der Waals surface area contributed by atoms with Gasteiger partial charge < -0.3 is 15.0 Å². The zero-order valence-electron chi connectivity index (χ0n) is 13.5. The molecule has 0 atom stereocenters. The molecule has 1 saturated heterocycles. The fourth-order valence-corrected chi connectivity index (χ4v) is 2.62. The Morgan fingerprint density at radius 2 is 1.86 bits per heavy atom. The van der Waals surface area contributed by atoms with Crippen molar-refractivity contribution in [3.8, 4) is 5.75 Å². The molecule has 1 aliphatic heterocycles. The Labute approximate surface area is 127 Å². The number of para-hydroxylation sites is 1. The van der Waals surface area contributed by atoms with Gasteiger partial charge in [-0.3, -0.25) is 4.79 Å². The van der Waals surface area contributed by atoms with E-state index < -0.39 is 5.60 Å². The molecular formula is C17H26N2O2. The lowest BCUT2D eigenvalue weighted by Crippen LogP contribution is -2.54. The number of nitrogens with one attached hydrogen (secondary N) is 1. The monoisotopic (exact) mass is 290 g/mol. The molecule has 116 valence electrons. The first-order valence-electron chi connectivity index (χ1n) is 7.70. The minimum Gasteiger partial charge on any atom is -0.478 e. The molecule has 1 fully saturated rings. The second-order valence-corrected chi connectivity index (χ2v) is 6.35. The molecule has 21 heavy (non-hydrogen) atoms. The lowest BCUT2D eigenvalue weighted by atomic mass is 10.0. The van der Waals surface area contributed by atoms with Gasteiger partial charge in [-0.15, -0.1) is 0 Å². The molecule has 1 heterocycles. The summed E-state index contributed by atoms with van der Waals surface area (Å²) in [5.74, 6) is 1.23. The summed E-state index contributed by atoms with van der Waals surface area (Å²) in [6, 6.07) is 7.97. The van der Waals surface area contributed by atoms with Gasteiger partial charge in [-0.1, -0.05) is 32.0 Å². The number of rotatable bonds is 4. The maximum atomic E-state index is 12.7. The van der Waals surface area contributed by atoms with Crippen LogP contribution in [0.3, 0.4) is 0 Å². The zero-order chi connectivity index (χ0) is 15.5. The fourth-order valence-electron chi connectivity index (χ4n) is 2.62. The molecule has 0 radical (unpaired) electrons. The van der Waals surface area contributed by atoms with Crippen molar-refractivity contribution in [2.75, 3.05) is 26.2 Å². The van der Waals surface area contributed by atoms with Gasteiger partial charge in [0.15, 0.2) is 5.60 Å². The van der Waals surface area contributed by atoms with E-state index in [9.17, 15) is 4.79 Å². The minimum absolute atomic E-state index is 0.0579. The van der Waals surface area contributed by atoms with E-state index >= 15 is 0 Å². The van der Waals surface area contributed by atoms with Crippen LogP contribution in [0.2, 0.25) is 0 Å². The van der Waals surface area contributed by atoms with Crippen LogP contribution in [-0.2, 0) is 4.79 Å². The van der Waals surface area contributed by atoms with Gasteiger partial charge in [-0.25, -0.2) is 0 Å². The molecule has 1 amide bonds. The SMILES string of the molecule is CC(C)c1ccccc1OC(C)(C)C(=O)N1CCNCC1. The summed E-state index contributed by atoms with van der Waals surface area (Å²) in [5, 5.41) is 3.26. The van der Waals surface area contributed by atoms with Crippen molar-refractivity contribution < 1.29 is 9.53 Å². The van der Waals surface area contributed by atoms with Crippen molar-refractivity contribution in [1.29, 1.82) is 0 Å². The summed E-state index contributed by atoms with van der Waals surface area (Å²) in [4.78, 5) is 14.6. The predicted molar refractivity (Wildman–Crippen MR) is 84.7 cm³/mol. The molecule has 0 aliphatic carbocycles. The van der Waals surface area contributed by atoms with Crippen LogP contribution in [-0.4, -0.2) is 42.6 Å². The number of ether oxygens (including phenoxy) is 1. The Bertz CT molecular complexity index is 491. The summed E-state index contributed by atoms with van der Waals surface area (Å²) >= 11 is 0. The molecule has 0 saturated carbocycles. The smallest absolute Gasteiger partial charge is 0.266 e. The molecule has 0 spiro atoms. The van der Waals surface area contributed by atoms with Gasteiger partial charge in [0.1, 0.15) is 5.75 Å². The van der Waals surface area contributed by atoms with Gasteiger partial charge in [0, 0.05) is 26.2 Å². The van der Waals surface area contributed by atoms with E-state index in [-0.39, 0.29) is 5.91 Å². The topological polar surface area (TPSA) is 41.6 Å². The number of nitrogens with zero attached hydrogens (tertiary/aromatic N) is 1. The highest BCUT2D eigenvalue weighted by Crippen LogP contribution is 2.29. The molecule has 4 heteroatoms. The Morgan fingerprint density at radius 1 is 1.24 bits per heavy atom. The Hall–Kier alpha value is -1.55. The summed E-state index contributed by atoms with van der Waals surface area (Å²) in [7, 11) is 0. The highest BCUT2D eigenvalue weighted by atomic mass is 16.5. The number of hydrogen-bond acceptors (Lipinski definition) is 3. The van der Waals surface area contributed by atoms with E-state index in [2.05, 4.69) is 25.2 Å². The first-order chi connectivity index (χ1) is 9.92. The number of piperazine rings is 1. The van der Waals surface area contributed by atoms with E-state index in [0.717, 1.165) is 37.5 Å². The van der Waals surface area contributed by atoms with Gasteiger partial charge in [0.25, 0.3) is 5.91 Å². The van der Waals surface area contributed by atoms with Gasteiger partial charge >= 0.3 is 0 Å². The Balaban J connectivity index is 2.15. The quantitative estimate of drug-likeness (QED) is 0.926. The summed E-state index contributed by atoms with van der Waals surface area (Å²) < 4.78 is 6.10. The second kappa shape index (κ2) is 6.48. The third kappa shape index (κ3) is 3.76. The molecule has 2 rings (SSSR count). The van der Waals surface area contributed by atoms with Gasteiger partial charge in [-0.05, 0) is 31.4 Å². The average Bonchev–Trinajstić information content (AvgIpc) is 2.47. The highest BCUT2D eigenvalue weighted by molar-refractivity contribution is 5.85. The molecular weight excluding hydrogens is 264 g/mol. The largest absolute Gasteiger partial charge is 0.478 e. The van der Waals surface area contributed by atoms with Gasteiger partial charge in [0.2, 0.25) is 0 Å². The van der Waals surface area contributed by atoms with Crippen molar-refractivity contribution in [2.45, 2.75) is 39.2 Å². The van der Waals surface area contributed by atoms with E-state index in [0.29, 0.717) is 5.92 Å². The van der Waals surface area contributed by atoms with Crippen LogP contribution >= 0.6 is 0 Å². The highest BCUT2D eigenvalue weighted by Gasteiger charge is 2.35. The maximum absolute atomic E-state index is 12.7.